The molecular formula is C11H23NO. The van der Waals surface area contributed by atoms with E-state index < -0.39 is 0 Å². The third-order valence-corrected chi connectivity index (χ3v) is 2.10. The summed E-state index contributed by atoms with van der Waals surface area (Å²) >= 11 is 0. The molecule has 0 saturated heterocycles. The number of hydrogen-bond donors (Lipinski definition) is 0. The van der Waals surface area contributed by atoms with Gasteiger partial charge >= 0.3 is 0 Å². The molecule has 0 rings (SSSR count). The maximum absolute atomic E-state index is 11.6. The molecule has 0 aliphatic heterocycles. The predicted molar refractivity (Wildman–Crippen MR) is 56.6 cm³/mol. The number of hydrogen-bond acceptors (Lipinski definition) is 1. The molecular weight excluding hydrogens is 162 g/mol. The topological polar surface area (TPSA) is 20.3 Å². The lowest BCUT2D eigenvalue weighted by molar-refractivity contribution is -0.131. The van der Waals surface area contributed by atoms with E-state index in [0.717, 1.165) is 25.9 Å². The van der Waals surface area contributed by atoms with Crippen LogP contribution >= 0.6 is 0 Å². The van der Waals surface area contributed by atoms with E-state index in [1.807, 2.05) is 11.8 Å². The zero-order valence-electron chi connectivity index (χ0n) is 9.47. The van der Waals surface area contributed by atoms with Gasteiger partial charge in [0.25, 0.3) is 0 Å². The van der Waals surface area contributed by atoms with Gasteiger partial charge in [0.2, 0.25) is 5.91 Å². The predicted octanol–water partition coefficient (Wildman–Crippen LogP) is 2.68. The first-order valence-corrected chi connectivity index (χ1v) is 5.39. The average molecular weight is 185 g/mol. The van der Waals surface area contributed by atoms with E-state index in [4.69, 9.17) is 0 Å². The van der Waals surface area contributed by atoms with Crippen LogP contribution in [-0.4, -0.2) is 23.9 Å². The van der Waals surface area contributed by atoms with Crippen molar-refractivity contribution in [3.63, 3.8) is 0 Å². The Kier molecular flexibility index (Phi) is 6.65. The van der Waals surface area contributed by atoms with Crippen LogP contribution in [0.5, 0.6) is 0 Å². The highest BCUT2D eigenvalue weighted by Crippen LogP contribution is 2.05. The number of amides is 1. The Hall–Kier alpha value is -0.530. The number of carbonyl (C=O) groups is 1. The summed E-state index contributed by atoms with van der Waals surface area (Å²) in [6, 6.07) is 0. The second kappa shape index (κ2) is 6.93. The minimum absolute atomic E-state index is 0.311. The molecule has 0 bridgehead atoms. The molecule has 0 aromatic carbocycles. The van der Waals surface area contributed by atoms with E-state index >= 15 is 0 Å². The van der Waals surface area contributed by atoms with Crippen LogP contribution in [0.2, 0.25) is 0 Å². The number of unbranched alkanes of at least 4 members (excludes halogenated alkanes) is 1. The molecule has 0 radical (unpaired) electrons. The van der Waals surface area contributed by atoms with E-state index in [9.17, 15) is 4.79 Å². The number of rotatable bonds is 6. The van der Waals surface area contributed by atoms with Gasteiger partial charge in [-0.05, 0) is 19.3 Å². The molecule has 13 heavy (non-hydrogen) atoms. The largest absolute Gasteiger partial charge is 0.343 e. The fourth-order valence-corrected chi connectivity index (χ4v) is 1.29. The van der Waals surface area contributed by atoms with Crippen LogP contribution < -0.4 is 0 Å². The molecule has 78 valence electrons. The van der Waals surface area contributed by atoms with Gasteiger partial charge in [0.05, 0.1) is 0 Å². The highest BCUT2D eigenvalue weighted by Gasteiger charge is 2.11. The summed E-state index contributed by atoms with van der Waals surface area (Å²) in [6.45, 7) is 10.2. The Bertz CT molecular complexity index is 143. The second-order valence-corrected chi connectivity index (χ2v) is 3.92. The first-order chi connectivity index (χ1) is 6.11. The summed E-state index contributed by atoms with van der Waals surface area (Å²) in [5.74, 6) is 0.786. The van der Waals surface area contributed by atoms with E-state index in [0.29, 0.717) is 18.2 Å². The molecule has 0 heterocycles. The third kappa shape index (κ3) is 5.67. The van der Waals surface area contributed by atoms with Crippen LogP contribution in [0.25, 0.3) is 0 Å². The Balaban J connectivity index is 3.84. The van der Waals surface area contributed by atoms with E-state index in [1.165, 1.54) is 0 Å². The molecule has 0 unspecified atom stereocenters. The minimum Gasteiger partial charge on any atom is -0.343 e. The number of carbonyl (C=O) groups excluding carboxylic acids is 1. The van der Waals surface area contributed by atoms with Crippen LogP contribution in [0.15, 0.2) is 0 Å². The van der Waals surface area contributed by atoms with Crippen molar-refractivity contribution in [3.05, 3.63) is 0 Å². The zero-order valence-corrected chi connectivity index (χ0v) is 9.47. The van der Waals surface area contributed by atoms with Gasteiger partial charge in [-0.2, -0.15) is 0 Å². The van der Waals surface area contributed by atoms with Gasteiger partial charge in [0.15, 0.2) is 0 Å². The first-order valence-electron chi connectivity index (χ1n) is 5.39. The molecule has 2 heteroatoms. The maximum atomic E-state index is 11.6. The van der Waals surface area contributed by atoms with Crippen molar-refractivity contribution >= 4 is 5.91 Å². The smallest absolute Gasteiger partial charge is 0.222 e. The van der Waals surface area contributed by atoms with Gasteiger partial charge in [0.1, 0.15) is 0 Å². The number of nitrogens with zero attached hydrogens (tertiary/aromatic N) is 1. The summed E-state index contributed by atoms with van der Waals surface area (Å²) in [5.41, 5.74) is 0. The van der Waals surface area contributed by atoms with Crippen molar-refractivity contribution in [2.75, 3.05) is 13.1 Å². The maximum Gasteiger partial charge on any atom is 0.222 e. The fraction of sp³-hybridized carbons (Fsp3) is 0.909. The molecule has 0 spiro atoms. The minimum atomic E-state index is 0.311. The first kappa shape index (κ1) is 12.5. The Labute approximate surface area is 82.3 Å². The average Bonchev–Trinajstić information content (AvgIpc) is 2.04. The summed E-state index contributed by atoms with van der Waals surface area (Å²) in [4.78, 5) is 13.6. The molecule has 1 amide bonds. The van der Waals surface area contributed by atoms with E-state index in [2.05, 4.69) is 20.8 Å². The van der Waals surface area contributed by atoms with Crippen molar-refractivity contribution in [1.82, 2.24) is 4.90 Å². The Morgan fingerprint density at radius 1 is 1.31 bits per heavy atom. The normalized spacial score (nSPS) is 10.5. The molecule has 0 atom stereocenters. The molecule has 0 N–H and O–H groups in total. The highest BCUT2D eigenvalue weighted by atomic mass is 16.2. The summed E-state index contributed by atoms with van der Waals surface area (Å²) in [5, 5.41) is 0. The molecule has 0 fully saturated rings. The third-order valence-electron chi connectivity index (χ3n) is 2.10. The van der Waals surface area contributed by atoms with Crippen LogP contribution in [0, 0.1) is 5.92 Å². The summed E-state index contributed by atoms with van der Waals surface area (Å²) in [7, 11) is 0. The van der Waals surface area contributed by atoms with Crippen LogP contribution in [0.3, 0.4) is 0 Å². The second-order valence-electron chi connectivity index (χ2n) is 3.92. The van der Waals surface area contributed by atoms with Gasteiger partial charge in [-0.3, -0.25) is 4.79 Å². The van der Waals surface area contributed by atoms with Crippen molar-refractivity contribution < 1.29 is 4.79 Å². The van der Waals surface area contributed by atoms with Crippen LogP contribution in [-0.2, 0) is 4.79 Å². The van der Waals surface area contributed by atoms with Crippen molar-refractivity contribution in [2.24, 2.45) is 5.92 Å². The zero-order chi connectivity index (χ0) is 10.3. The van der Waals surface area contributed by atoms with Crippen molar-refractivity contribution in [2.45, 2.75) is 47.0 Å². The van der Waals surface area contributed by atoms with Crippen molar-refractivity contribution in [1.29, 1.82) is 0 Å². The summed E-state index contributed by atoms with van der Waals surface area (Å²) < 4.78 is 0. The van der Waals surface area contributed by atoms with E-state index in [-0.39, 0.29) is 0 Å². The van der Waals surface area contributed by atoms with Gasteiger partial charge in [-0.25, -0.2) is 0 Å². The monoisotopic (exact) mass is 185 g/mol. The lowest BCUT2D eigenvalue weighted by Gasteiger charge is -2.21. The molecule has 2 nitrogen and oxygen atoms in total. The van der Waals surface area contributed by atoms with Gasteiger partial charge in [0, 0.05) is 19.5 Å². The molecule has 0 aliphatic rings. The SMILES string of the molecule is CCCCN(CC)C(=O)CC(C)C. The van der Waals surface area contributed by atoms with Crippen molar-refractivity contribution in [3.8, 4) is 0 Å². The van der Waals surface area contributed by atoms with Crippen LogP contribution in [0.1, 0.15) is 47.0 Å². The highest BCUT2D eigenvalue weighted by molar-refractivity contribution is 5.76. The Morgan fingerprint density at radius 2 is 1.92 bits per heavy atom. The Morgan fingerprint density at radius 3 is 2.31 bits per heavy atom. The molecule has 0 aliphatic carbocycles. The van der Waals surface area contributed by atoms with Gasteiger partial charge in [-0.15, -0.1) is 0 Å². The molecule has 0 aromatic rings. The fourth-order valence-electron chi connectivity index (χ4n) is 1.29. The van der Waals surface area contributed by atoms with Gasteiger partial charge < -0.3 is 4.90 Å². The van der Waals surface area contributed by atoms with Crippen LogP contribution in [0.4, 0.5) is 0 Å². The van der Waals surface area contributed by atoms with E-state index in [1.54, 1.807) is 0 Å². The lowest BCUT2D eigenvalue weighted by atomic mass is 10.1. The quantitative estimate of drug-likeness (QED) is 0.623. The lowest BCUT2D eigenvalue weighted by Crippen LogP contribution is -2.32. The van der Waals surface area contributed by atoms with Gasteiger partial charge in [-0.1, -0.05) is 27.2 Å². The molecule has 0 saturated carbocycles. The standard InChI is InChI=1S/C11H23NO/c1-5-7-8-12(6-2)11(13)9-10(3)4/h10H,5-9H2,1-4H3. The summed E-state index contributed by atoms with van der Waals surface area (Å²) in [6.07, 6.45) is 2.97. The molecule has 0 aromatic heterocycles.